The number of aromatic nitrogens is 1. The summed E-state index contributed by atoms with van der Waals surface area (Å²) in [6.07, 6.45) is 15.5. The van der Waals surface area contributed by atoms with E-state index in [9.17, 15) is 4.79 Å². The summed E-state index contributed by atoms with van der Waals surface area (Å²) < 4.78 is 7.42. The number of carbonyl (C=O) groups excluding carboxylic acids is 1. The lowest BCUT2D eigenvalue weighted by atomic mass is 9.85. The highest BCUT2D eigenvalue weighted by Gasteiger charge is 2.38. The van der Waals surface area contributed by atoms with Crippen LogP contribution in [0.15, 0.2) is 29.5 Å². The Kier molecular flexibility index (Phi) is 12.4. The fraction of sp³-hybridized carbons (Fsp3) is 0.750. The van der Waals surface area contributed by atoms with Gasteiger partial charge >= 0.3 is 0 Å². The second-order valence-corrected chi connectivity index (χ2v) is 15.6. The standard InChI is InChI=1S/C36H58N8O2S/c1-26-27(2)46-36(40-26)43-18-19-44(31(25-43)23-39-24-32-20-29-22-38-14-13-34(29)47-32)35(45)33(41-30-11-9-28(21-37)10-12-30)8-4-7-17-42-15-5-3-6-16-42/h13-14,20,22,26-28,30-31,33,39,41H,3-12,15-19,21,23-25,37H2,1-2H3/t26-,27-,28?,30?,31+,33+/m0/s1. The zero-order valence-corrected chi connectivity index (χ0v) is 29.6. The quantitative estimate of drug-likeness (QED) is 0.273. The number of nitrogens with one attached hydrogen (secondary N) is 2. The summed E-state index contributed by atoms with van der Waals surface area (Å²) in [5.74, 6) is 0.887. The number of amides is 1. The van der Waals surface area contributed by atoms with E-state index in [1.807, 2.05) is 12.4 Å². The van der Waals surface area contributed by atoms with Gasteiger partial charge in [0.1, 0.15) is 6.10 Å². The molecule has 10 nitrogen and oxygen atoms in total. The van der Waals surface area contributed by atoms with E-state index in [0.29, 0.717) is 18.5 Å². The molecule has 3 aliphatic heterocycles. The number of likely N-dealkylation sites (tertiary alicyclic amines) is 1. The molecule has 0 radical (unpaired) electrons. The van der Waals surface area contributed by atoms with Gasteiger partial charge in [0.15, 0.2) is 0 Å². The van der Waals surface area contributed by atoms with Gasteiger partial charge in [0, 0.05) is 66.1 Å². The molecule has 4 aliphatic rings. The van der Waals surface area contributed by atoms with Crippen molar-refractivity contribution in [3.05, 3.63) is 29.4 Å². The third-order valence-electron chi connectivity index (χ3n) is 10.9. The van der Waals surface area contributed by atoms with Gasteiger partial charge in [-0.25, -0.2) is 4.99 Å². The van der Waals surface area contributed by atoms with Gasteiger partial charge in [0.25, 0.3) is 6.02 Å². The van der Waals surface area contributed by atoms with Gasteiger partial charge in [-0.2, -0.15) is 0 Å². The normalized spacial score (nSPS) is 28.0. The third-order valence-corrected chi connectivity index (χ3v) is 12.1. The molecule has 1 saturated carbocycles. The average molecular weight is 667 g/mol. The summed E-state index contributed by atoms with van der Waals surface area (Å²) in [5, 5.41) is 8.80. The number of piperazine rings is 1. The summed E-state index contributed by atoms with van der Waals surface area (Å²) in [6.45, 7) is 12.2. The van der Waals surface area contributed by atoms with E-state index in [1.54, 1.807) is 11.3 Å². The molecule has 2 aromatic rings. The number of hydrogen-bond acceptors (Lipinski definition) is 10. The number of ether oxygens (including phenoxy) is 1. The number of nitrogens with zero attached hydrogens (tertiary/aromatic N) is 5. The van der Waals surface area contributed by atoms with Crippen LogP contribution in [0, 0.1) is 5.92 Å². The number of pyridine rings is 1. The van der Waals surface area contributed by atoms with Crippen LogP contribution >= 0.6 is 11.3 Å². The number of thiophene rings is 1. The van der Waals surface area contributed by atoms with E-state index in [0.717, 1.165) is 90.2 Å². The minimum Gasteiger partial charge on any atom is -0.460 e. The summed E-state index contributed by atoms with van der Waals surface area (Å²) in [4.78, 5) is 32.0. The highest BCUT2D eigenvalue weighted by molar-refractivity contribution is 7.19. The van der Waals surface area contributed by atoms with Crippen LogP contribution in [0.1, 0.15) is 82.9 Å². The van der Waals surface area contributed by atoms with Crippen molar-refractivity contribution in [2.75, 3.05) is 52.4 Å². The first-order valence-electron chi connectivity index (χ1n) is 18.5. The summed E-state index contributed by atoms with van der Waals surface area (Å²) in [6, 6.07) is 5.45. The minimum atomic E-state index is -0.153. The van der Waals surface area contributed by atoms with Crippen LogP contribution in [0.4, 0.5) is 0 Å². The first kappa shape index (κ1) is 34.5. The van der Waals surface area contributed by atoms with Crippen molar-refractivity contribution < 1.29 is 9.53 Å². The SMILES string of the molecule is C[C@@H]1N=C(N2CCN(C(=O)[C@@H](CCCCN3CCCCC3)NC3CCC(CN)CC3)[C@H](CNCc3cc4cnccc4s3)C2)O[C@H]1C. The molecule has 0 bridgehead atoms. The predicted octanol–water partition coefficient (Wildman–Crippen LogP) is 4.19. The van der Waals surface area contributed by atoms with E-state index < -0.39 is 0 Å². The maximum absolute atomic E-state index is 14.6. The Hall–Kier alpha value is -2.31. The van der Waals surface area contributed by atoms with Crippen LogP contribution in [-0.2, 0) is 16.1 Å². The first-order chi connectivity index (χ1) is 23.0. The number of nitrogens with two attached hydrogens (primary N) is 1. The first-order valence-corrected chi connectivity index (χ1v) is 19.3. The van der Waals surface area contributed by atoms with Gasteiger partial charge in [-0.1, -0.05) is 12.8 Å². The molecule has 0 unspecified atom stereocenters. The van der Waals surface area contributed by atoms with Crippen molar-refractivity contribution >= 4 is 33.4 Å². The molecule has 2 saturated heterocycles. The van der Waals surface area contributed by atoms with Crippen molar-refractivity contribution in [3.8, 4) is 0 Å². The van der Waals surface area contributed by atoms with Gasteiger partial charge in [-0.05, 0) is 109 Å². The molecule has 4 N–H and O–H groups in total. The van der Waals surface area contributed by atoms with Crippen molar-refractivity contribution in [1.82, 2.24) is 30.3 Å². The van der Waals surface area contributed by atoms with Crippen molar-refractivity contribution in [2.45, 2.75) is 115 Å². The lowest BCUT2D eigenvalue weighted by Gasteiger charge is -2.43. The molecular formula is C36H58N8O2S. The maximum Gasteiger partial charge on any atom is 0.288 e. The number of carbonyl (C=O) groups is 1. The summed E-state index contributed by atoms with van der Waals surface area (Å²) >= 11 is 1.81. The second kappa shape index (κ2) is 16.9. The van der Waals surface area contributed by atoms with Crippen LogP contribution in [-0.4, -0.2) is 114 Å². The van der Waals surface area contributed by atoms with Crippen molar-refractivity contribution in [1.29, 1.82) is 0 Å². The molecule has 11 heteroatoms. The molecular weight excluding hydrogens is 609 g/mol. The van der Waals surface area contributed by atoms with Crippen molar-refractivity contribution in [3.63, 3.8) is 0 Å². The van der Waals surface area contributed by atoms with Gasteiger partial charge in [-0.15, -0.1) is 11.3 Å². The molecule has 2 aromatic heterocycles. The summed E-state index contributed by atoms with van der Waals surface area (Å²) in [5.41, 5.74) is 6.01. The molecule has 4 atom stereocenters. The number of aliphatic imine (C=N–C) groups is 1. The molecule has 0 aromatic carbocycles. The Balaban J connectivity index is 1.12. The fourth-order valence-corrected chi connectivity index (χ4v) is 8.81. The fourth-order valence-electron chi connectivity index (χ4n) is 7.81. The monoisotopic (exact) mass is 666 g/mol. The van der Waals surface area contributed by atoms with E-state index in [2.05, 4.69) is 56.3 Å². The van der Waals surface area contributed by atoms with E-state index in [1.165, 1.54) is 47.3 Å². The lowest BCUT2D eigenvalue weighted by molar-refractivity contribution is -0.138. The molecule has 3 fully saturated rings. The summed E-state index contributed by atoms with van der Waals surface area (Å²) in [7, 11) is 0. The molecule has 260 valence electrons. The largest absolute Gasteiger partial charge is 0.460 e. The van der Waals surface area contributed by atoms with Gasteiger partial charge < -0.3 is 35.8 Å². The zero-order chi connectivity index (χ0) is 32.6. The molecule has 1 amide bonds. The molecule has 47 heavy (non-hydrogen) atoms. The van der Waals surface area contributed by atoms with E-state index in [-0.39, 0.29) is 30.1 Å². The molecule has 1 aliphatic carbocycles. The molecule has 5 heterocycles. The van der Waals surface area contributed by atoms with E-state index >= 15 is 0 Å². The lowest BCUT2D eigenvalue weighted by Crippen LogP contribution is -2.63. The second-order valence-electron chi connectivity index (χ2n) is 14.4. The smallest absolute Gasteiger partial charge is 0.288 e. The third kappa shape index (κ3) is 9.23. The van der Waals surface area contributed by atoms with Crippen LogP contribution in [0.5, 0.6) is 0 Å². The molecule has 6 rings (SSSR count). The maximum atomic E-state index is 14.6. The van der Waals surface area contributed by atoms with Crippen molar-refractivity contribution in [2.24, 2.45) is 16.6 Å². The average Bonchev–Trinajstić information content (AvgIpc) is 3.68. The van der Waals surface area contributed by atoms with Crippen LogP contribution in [0.25, 0.3) is 10.1 Å². The van der Waals surface area contributed by atoms with Gasteiger partial charge in [0.2, 0.25) is 5.91 Å². The number of unbranched alkanes of at least 4 members (excludes halogenated alkanes) is 1. The zero-order valence-electron chi connectivity index (χ0n) is 28.7. The Morgan fingerprint density at radius 1 is 1.11 bits per heavy atom. The number of hydrogen-bond donors (Lipinski definition) is 3. The number of rotatable bonds is 13. The minimum absolute atomic E-state index is 0.0235. The van der Waals surface area contributed by atoms with Gasteiger partial charge in [0.05, 0.1) is 18.1 Å². The number of fused-ring (bicyclic) bond motifs is 1. The Bertz CT molecular complexity index is 1270. The Morgan fingerprint density at radius 2 is 1.94 bits per heavy atom. The van der Waals surface area contributed by atoms with Crippen LogP contribution in [0.3, 0.4) is 0 Å². The number of piperidine rings is 1. The van der Waals surface area contributed by atoms with Crippen LogP contribution in [0.2, 0.25) is 0 Å². The van der Waals surface area contributed by atoms with Gasteiger partial charge in [-0.3, -0.25) is 9.78 Å². The topological polar surface area (TPSA) is 111 Å². The van der Waals surface area contributed by atoms with Crippen LogP contribution < -0.4 is 16.4 Å². The predicted molar refractivity (Wildman–Crippen MR) is 192 cm³/mol. The van der Waals surface area contributed by atoms with E-state index in [4.69, 9.17) is 15.5 Å². The highest BCUT2D eigenvalue weighted by Crippen LogP contribution is 2.27. The Labute approximate surface area is 285 Å². The number of amidine groups is 1. The highest BCUT2D eigenvalue weighted by atomic mass is 32.1. The molecule has 0 spiro atoms. The Morgan fingerprint density at radius 3 is 2.68 bits per heavy atom.